The highest BCUT2D eigenvalue weighted by molar-refractivity contribution is 9.10. The third kappa shape index (κ3) is 4.96. The van der Waals surface area contributed by atoms with Crippen LogP contribution in [0.15, 0.2) is 53.0 Å². The third-order valence-corrected chi connectivity index (χ3v) is 8.29. The van der Waals surface area contributed by atoms with Crippen LogP contribution in [0.5, 0.6) is 0 Å². The minimum atomic E-state index is -0.0195. The van der Waals surface area contributed by atoms with Crippen LogP contribution in [0.4, 0.5) is 10.6 Å². The SMILES string of the molecule is O=C(NC1CCCCC1)N(c1nc(-c2ccccc2)c(Br)c2ccc(Cl)cc12)C1CCCCC1. The molecule has 4 nitrogen and oxygen atoms in total. The van der Waals surface area contributed by atoms with Gasteiger partial charge in [-0.05, 0) is 53.7 Å². The summed E-state index contributed by atoms with van der Waals surface area (Å²) in [6.07, 6.45) is 11.2. The molecule has 0 unspecified atom stereocenters. The molecule has 0 saturated heterocycles. The molecule has 0 spiro atoms. The molecule has 2 aliphatic rings. The lowest BCUT2D eigenvalue weighted by atomic mass is 9.93. The fourth-order valence-corrected chi connectivity index (χ4v) is 6.31. The first-order chi connectivity index (χ1) is 16.6. The number of urea groups is 1. The summed E-state index contributed by atoms with van der Waals surface area (Å²) in [5, 5.41) is 5.93. The van der Waals surface area contributed by atoms with Gasteiger partial charge in [-0.3, -0.25) is 4.90 Å². The largest absolute Gasteiger partial charge is 0.335 e. The van der Waals surface area contributed by atoms with Crippen molar-refractivity contribution in [2.45, 2.75) is 76.3 Å². The second kappa shape index (κ2) is 10.7. The first kappa shape index (κ1) is 23.6. The van der Waals surface area contributed by atoms with Gasteiger partial charge in [0.05, 0.1) is 10.2 Å². The number of nitrogens with zero attached hydrogens (tertiary/aromatic N) is 2. The van der Waals surface area contributed by atoms with Crippen LogP contribution < -0.4 is 10.2 Å². The molecule has 2 saturated carbocycles. The molecule has 3 aromatic rings. The zero-order valence-electron chi connectivity index (χ0n) is 19.4. The summed E-state index contributed by atoms with van der Waals surface area (Å²) in [5.74, 6) is 0.708. The van der Waals surface area contributed by atoms with E-state index in [1.165, 1.54) is 25.7 Å². The highest BCUT2D eigenvalue weighted by Gasteiger charge is 2.32. The maximum Gasteiger partial charge on any atom is 0.323 e. The lowest BCUT2D eigenvalue weighted by Crippen LogP contribution is -2.51. The van der Waals surface area contributed by atoms with Crippen LogP contribution in [0.25, 0.3) is 22.0 Å². The molecule has 1 heterocycles. The van der Waals surface area contributed by atoms with Crippen molar-refractivity contribution >= 4 is 50.2 Å². The van der Waals surface area contributed by atoms with Crippen molar-refractivity contribution in [3.63, 3.8) is 0 Å². The minimum Gasteiger partial charge on any atom is -0.335 e. The number of pyridine rings is 1. The zero-order chi connectivity index (χ0) is 23.5. The van der Waals surface area contributed by atoms with E-state index in [9.17, 15) is 4.79 Å². The van der Waals surface area contributed by atoms with E-state index in [0.717, 1.165) is 65.0 Å². The van der Waals surface area contributed by atoms with Crippen molar-refractivity contribution in [3.8, 4) is 11.3 Å². The molecule has 1 aromatic heterocycles. The first-order valence-electron chi connectivity index (χ1n) is 12.6. The Morgan fingerprint density at radius 3 is 2.29 bits per heavy atom. The van der Waals surface area contributed by atoms with Gasteiger partial charge in [-0.25, -0.2) is 9.78 Å². The van der Waals surface area contributed by atoms with Gasteiger partial charge >= 0.3 is 6.03 Å². The number of benzene rings is 2. The van der Waals surface area contributed by atoms with Gasteiger partial charge in [0, 0.05) is 33.4 Å². The Hall–Kier alpha value is -2.11. The van der Waals surface area contributed by atoms with Gasteiger partial charge in [0.15, 0.2) is 0 Å². The first-order valence-corrected chi connectivity index (χ1v) is 13.7. The second-order valence-corrected chi connectivity index (χ2v) is 10.8. The summed E-state index contributed by atoms with van der Waals surface area (Å²) in [6, 6.07) is 16.4. The number of hydrogen-bond acceptors (Lipinski definition) is 2. The maximum absolute atomic E-state index is 13.9. The van der Waals surface area contributed by atoms with Gasteiger partial charge in [-0.1, -0.05) is 86.5 Å². The van der Waals surface area contributed by atoms with Crippen molar-refractivity contribution in [3.05, 3.63) is 58.0 Å². The Balaban J connectivity index is 1.65. The predicted molar refractivity (Wildman–Crippen MR) is 145 cm³/mol. The normalized spacial score (nSPS) is 17.6. The Morgan fingerprint density at radius 1 is 0.912 bits per heavy atom. The van der Waals surface area contributed by atoms with Crippen LogP contribution in [-0.4, -0.2) is 23.1 Å². The molecule has 178 valence electrons. The van der Waals surface area contributed by atoms with Crippen molar-refractivity contribution in [1.29, 1.82) is 0 Å². The van der Waals surface area contributed by atoms with Crippen molar-refractivity contribution in [1.82, 2.24) is 10.3 Å². The van der Waals surface area contributed by atoms with E-state index in [2.05, 4.69) is 33.4 Å². The number of halogens is 2. The number of carbonyl (C=O) groups is 1. The van der Waals surface area contributed by atoms with Crippen LogP contribution in [-0.2, 0) is 0 Å². The van der Waals surface area contributed by atoms with Crippen LogP contribution in [0, 0.1) is 0 Å². The number of aromatic nitrogens is 1. The number of carbonyl (C=O) groups excluding carboxylic acids is 1. The summed E-state index contributed by atoms with van der Waals surface area (Å²) >= 11 is 10.3. The molecule has 2 aromatic carbocycles. The summed E-state index contributed by atoms with van der Waals surface area (Å²) < 4.78 is 0.922. The number of nitrogens with one attached hydrogen (secondary N) is 1. The summed E-state index contributed by atoms with van der Waals surface area (Å²) in [4.78, 5) is 21.0. The van der Waals surface area contributed by atoms with Gasteiger partial charge in [-0.15, -0.1) is 0 Å². The molecule has 0 bridgehead atoms. The quantitative estimate of drug-likeness (QED) is 0.360. The van der Waals surface area contributed by atoms with E-state index in [-0.39, 0.29) is 18.1 Å². The molecule has 0 atom stereocenters. The van der Waals surface area contributed by atoms with Gasteiger partial charge < -0.3 is 5.32 Å². The summed E-state index contributed by atoms with van der Waals surface area (Å²) in [6.45, 7) is 0. The molecule has 0 radical (unpaired) electrons. The Bertz CT molecular complexity index is 1160. The Labute approximate surface area is 215 Å². The molecular formula is C28H31BrClN3O. The zero-order valence-corrected chi connectivity index (χ0v) is 21.7. The van der Waals surface area contributed by atoms with E-state index < -0.39 is 0 Å². The van der Waals surface area contributed by atoms with Crippen LogP contribution in [0.2, 0.25) is 5.02 Å². The average molecular weight is 541 g/mol. The summed E-state index contributed by atoms with van der Waals surface area (Å²) in [5.41, 5.74) is 1.86. The fourth-order valence-electron chi connectivity index (χ4n) is 5.47. The predicted octanol–water partition coefficient (Wildman–Crippen LogP) is 8.50. The van der Waals surface area contributed by atoms with Crippen molar-refractivity contribution < 1.29 is 4.79 Å². The molecule has 1 N–H and O–H groups in total. The molecule has 2 fully saturated rings. The van der Waals surface area contributed by atoms with Crippen molar-refractivity contribution in [2.24, 2.45) is 0 Å². The number of fused-ring (bicyclic) bond motifs is 1. The van der Waals surface area contributed by atoms with Gasteiger partial charge in [-0.2, -0.15) is 0 Å². The lowest BCUT2D eigenvalue weighted by molar-refractivity contribution is 0.233. The Morgan fingerprint density at radius 2 is 1.59 bits per heavy atom. The number of amides is 2. The second-order valence-electron chi connectivity index (χ2n) is 9.60. The van der Waals surface area contributed by atoms with Gasteiger partial charge in [0.2, 0.25) is 0 Å². The van der Waals surface area contributed by atoms with E-state index in [1.54, 1.807) is 0 Å². The van der Waals surface area contributed by atoms with E-state index >= 15 is 0 Å². The molecule has 6 heteroatoms. The molecule has 2 amide bonds. The molecule has 34 heavy (non-hydrogen) atoms. The topological polar surface area (TPSA) is 45.2 Å². The maximum atomic E-state index is 13.9. The van der Waals surface area contributed by atoms with Crippen LogP contribution >= 0.6 is 27.5 Å². The highest BCUT2D eigenvalue weighted by atomic mass is 79.9. The summed E-state index contributed by atoms with van der Waals surface area (Å²) in [7, 11) is 0. The smallest absolute Gasteiger partial charge is 0.323 e. The van der Waals surface area contributed by atoms with Crippen LogP contribution in [0.1, 0.15) is 64.2 Å². The minimum absolute atomic E-state index is 0.0195. The third-order valence-electron chi connectivity index (χ3n) is 7.25. The molecule has 2 aliphatic carbocycles. The van der Waals surface area contributed by atoms with E-state index in [4.69, 9.17) is 16.6 Å². The van der Waals surface area contributed by atoms with Crippen molar-refractivity contribution in [2.75, 3.05) is 4.90 Å². The monoisotopic (exact) mass is 539 g/mol. The lowest BCUT2D eigenvalue weighted by Gasteiger charge is -2.36. The Kier molecular flexibility index (Phi) is 7.40. The van der Waals surface area contributed by atoms with Gasteiger partial charge in [0.25, 0.3) is 0 Å². The molecule has 0 aliphatic heterocycles. The number of hydrogen-bond donors (Lipinski definition) is 1. The average Bonchev–Trinajstić information content (AvgIpc) is 2.87. The fraction of sp³-hybridized carbons (Fsp3) is 0.429. The number of anilines is 1. The van der Waals surface area contributed by atoms with Gasteiger partial charge in [0.1, 0.15) is 5.82 Å². The highest BCUT2D eigenvalue weighted by Crippen LogP contribution is 2.40. The molecule has 5 rings (SSSR count). The van der Waals surface area contributed by atoms with E-state index in [1.807, 2.05) is 41.3 Å². The van der Waals surface area contributed by atoms with E-state index in [0.29, 0.717) is 10.8 Å². The standard InChI is InChI=1S/C28H31BrClN3O/c29-25-23-17-16-20(30)18-24(23)27(32-26(25)19-10-4-1-5-11-19)33(22-14-8-3-9-15-22)28(34)31-21-12-6-2-7-13-21/h1,4-5,10-11,16-18,21-22H,2-3,6-9,12-15H2,(H,31,34). The van der Waals surface area contributed by atoms with Crippen LogP contribution in [0.3, 0.4) is 0 Å². The number of rotatable bonds is 4. The molecular weight excluding hydrogens is 510 g/mol.